The first-order chi connectivity index (χ1) is 9.85. The monoisotopic (exact) mass is 288 g/mol. The van der Waals surface area contributed by atoms with Crippen molar-refractivity contribution in [2.45, 2.75) is 26.4 Å². The van der Waals surface area contributed by atoms with Crippen LogP contribution in [0.2, 0.25) is 0 Å². The van der Waals surface area contributed by atoms with E-state index in [4.69, 9.17) is 9.47 Å². The molecule has 0 aliphatic heterocycles. The summed E-state index contributed by atoms with van der Waals surface area (Å²) in [6, 6.07) is 12.6. The third-order valence-electron chi connectivity index (χ3n) is 2.54. The van der Waals surface area contributed by atoms with Crippen molar-refractivity contribution in [3.8, 4) is 11.5 Å². The maximum Gasteiger partial charge on any atom is 0.343 e. The highest BCUT2D eigenvalue weighted by Gasteiger charge is 2.18. The lowest BCUT2D eigenvalue weighted by Gasteiger charge is -2.21. The smallest absolute Gasteiger partial charge is 0.343 e. The SMILES string of the molecule is CC(C)(C)Oc1cc(C(=O)Oc2ccccc2)ccc1F. The van der Waals surface area contributed by atoms with Crippen LogP contribution in [-0.2, 0) is 0 Å². The lowest BCUT2D eigenvalue weighted by atomic mass is 10.1. The molecular weight excluding hydrogens is 271 g/mol. The largest absolute Gasteiger partial charge is 0.485 e. The second kappa shape index (κ2) is 5.95. The standard InChI is InChI=1S/C17H17FO3/c1-17(2,3)21-15-11-12(9-10-14(15)18)16(19)20-13-7-5-4-6-8-13/h4-11H,1-3H3. The molecule has 0 amide bonds. The van der Waals surface area contributed by atoms with Crippen molar-refractivity contribution in [2.24, 2.45) is 0 Å². The molecule has 0 fully saturated rings. The van der Waals surface area contributed by atoms with E-state index in [1.54, 1.807) is 45.0 Å². The number of hydrogen-bond donors (Lipinski definition) is 0. The molecule has 0 atom stereocenters. The van der Waals surface area contributed by atoms with E-state index in [9.17, 15) is 9.18 Å². The number of carbonyl (C=O) groups excluding carboxylic acids is 1. The third-order valence-corrected chi connectivity index (χ3v) is 2.54. The zero-order valence-corrected chi connectivity index (χ0v) is 12.2. The first-order valence-corrected chi connectivity index (χ1v) is 6.61. The van der Waals surface area contributed by atoms with Gasteiger partial charge in [0, 0.05) is 0 Å². The molecule has 0 radical (unpaired) electrons. The molecule has 2 rings (SSSR count). The highest BCUT2D eigenvalue weighted by Crippen LogP contribution is 2.24. The molecule has 110 valence electrons. The van der Waals surface area contributed by atoms with Gasteiger partial charge in [-0.05, 0) is 51.1 Å². The number of para-hydroxylation sites is 1. The van der Waals surface area contributed by atoms with Crippen LogP contribution in [0.15, 0.2) is 48.5 Å². The predicted octanol–water partition coefficient (Wildman–Crippen LogP) is 4.22. The molecule has 0 unspecified atom stereocenters. The van der Waals surface area contributed by atoms with Gasteiger partial charge in [0.05, 0.1) is 5.56 Å². The molecule has 2 aromatic rings. The normalized spacial score (nSPS) is 11.0. The van der Waals surface area contributed by atoms with E-state index in [1.165, 1.54) is 18.2 Å². The van der Waals surface area contributed by atoms with E-state index >= 15 is 0 Å². The van der Waals surface area contributed by atoms with Crippen LogP contribution in [0.1, 0.15) is 31.1 Å². The van der Waals surface area contributed by atoms with Crippen LogP contribution >= 0.6 is 0 Å². The number of rotatable bonds is 3. The van der Waals surface area contributed by atoms with Crippen LogP contribution in [0.3, 0.4) is 0 Å². The molecule has 0 saturated heterocycles. The molecule has 0 aromatic heterocycles. The number of benzene rings is 2. The minimum absolute atomic E-state index is 0.0324. The summed E-state index contributed by atoms with van der Waals surface area (Å²) in [5.41, 5.74) is -0.317. The molecule has 4 heteroatoms. The second-order valence-corrected chi connectivity index (χ2v) is 5.56. The van der Waals surface area contributed by atoms with Crippen LogP contribution < -0.4 is 9.47 Å². The molecule has 0 aliphatic rings. The molecule has 0 spiro atoms. The zero-order valence-electron chi connectivity index (χ0n) is 12.2. The Bertz CT molecular complexity index is 630. The summed E-state index contributed by atoms with van der Waals surface area (Å²) in [5.74, 6) is -0.601. The minimum atomic E-state index is -0.556. The van der Waals surface area contributed by atoms with Gasteiger partial charge in [-0.15, -0.1) is 0 Å². The Morgan fingerprint density at radius 2 is 1.71 bits per heavy atom. The summed E-state index contributed by atoms with van der Waals surface area (Å²) < 4.78 is 24.4. The molecule has 21 heavy (non-hydrogen) atoms. The number of carbonyl (C=O) groups is 1. The van der Waals surface area contributed by atoms with E-state index in [0.29, 0.717) is 5.75 Å². The van der Waals surface area contributed by atoms with E-state index < -0.39 is 17.4 Å². The Labute approximate surface area is 123 Å². The summed E-state index contributed by atoms with van der Waals surface area (Å²) in [6.07, 6.45) is 0. The topological polar surface area (TPSA) is 35.5 Å². The van der Waals surface area contributed by atoms with Crippen LogP contribution in [0.5, 0.6) is 11.5 Å². The fraction of sp³-hybridized carbons (Fsp3) is 0.235. The van der Waals surface area contributed by atoms with E-state index in [1.807, 2.05) is 6.07 Å². The Hall–Kier alpha value is -2.36. The molecule has 0 saturated carbocycles. The van der Waals surface area contributed by atoms with E-state index in [-0.39, 0.29) is 11.3 Å². The van der Waals surface area contributed by atoms with Crippen LogP contribution in [0.25, 0.3) is 0 Å². The number of ether oxygens (including phenoxy) is 2. The van der Waals surface area contributed by atoms with Gasteiger partial charge in [-0.1, -0.05) is 18.2 Å². The van der Waals surface area contributed by atoms with Gasteiger partial charge in [0.25, 0.3) is 0 Å². The van der Waals surface area contributed by atoms with Gasteiger partial charge in [-0.2, -0.15) is 0 Å². The minimum Gasteiger partial charge on any atom is -0.485 e. The first-order valence-electron chi connectivity index (χ1n) is 6.61. The molecule has 0 heterocycles. The molecule has 2 aromatic carbocycles. The first kappa shape index (κ1) is 15.0. The molecule has 0 aliphatic carbocycles. The highest BCUT2D eigenvalue weighted by atomic mass is 19.1. The maximum atomic E-state index is 13.7. The zero-order chi connectivity index (χ0) is 15.5. The molecule has 0 N–H and O–H groups in total. The summed E-state index contributed by atoms with van der Waals surface area (Å²) in [7, 11) is 0. The summed E-state index contributed by atoms with van der Waals surface area (Å²) in [5, 5.41) is 0. The summed E-state index contributed by atoms with van der Waals surface area (Å²) in [4.78, 5) is 12.0. The van der Waals surface area contributed by atoms with E-state index in [2.05, 4.69) is 0 Å². The summed E-state index contributed by atoms with van der Waals surface area (Å²) in [6.45, 7) is 5.42. The van der Waals surface area contributed by atoms with Crippen LogP contribution in [0.4, 0.5) is 4.39 Å². The number of hydrogen-bond acceptors (Lipinski definition) is 3. The Morgan fingerprint density at radius 3 is 2.33 bits per heavy atom. The molecular formula is C17H17FO3. The second-order valence-electron chi connectivity index (χ2n) is 5.56. The van der Waals surface area contributed by atoms with Crippen molar-refractivity contribution in [3.63, 3.8) is 0 Å². The van der Waals surface area contributed by atoms with Gasteiger partial charge in [0.1, 0.15) is 11.4 Å². The summed E-state index contributed by atoms with van der Waals surface area (Å²) >= 11 is 0. The van der Waals surface area contributed by atoms with E-state index in [0.717, 1.165) is 0 Å². The quantitative estimate of drug-likeness (QED) is 0.626. The van der Waals surface area contributed by atoms with Gasteiger partial charge < -0.3 is 9.47 Å². The van der Waals surface area contributed by atoms with Crippen LogP contribution in [0, 0.1) is 5.82 Å². The fourth-order valence-electron chi connectivity index (χ4n) is 1.69. The number of halogens is 1. The van der Waals surface area contributed by atoms with Crippen molar-refractivity contribution in [3.05, 3.63) is 59.9 Å². The van der Waals surface area contributed by atoms with Gasteiger partial charge in [-0.3, -0.25) is 0 Å². The van der Waals surface area contributed by atoms with Crippen molar-refractivity contribution in [1.82, 2.24) is 0 Å². The van der Waals surface area contributed by atoms with Crippen molar-refractivity contribution >= 4 is 5.97 Å². The Kier molecular flexibility index (Phi) is 4.26. The highest BCUT2D eigenvalue weighted by molar-refractivity contribution is 5.91. The van der Waals surface area contributed by atoms with Gasteiger partial charge >= 0.3 is 5.97 Å². The fourth-order valence-corrected chi connectivity index (χ4v) is 1.69. The van der Waals surface area contributed by atoms with Crippen molar-refractivity contribution in [2.75, 3.05) is 0 Å². The maximum absolute atomic E-state index is 13.7. The average Bonchev–Trinajstić information content (AvgIpc) is 2.41. The number of esters is 1. The Balaban J connectivity index is 2.20. The predicted molar refractivity (Wildman–Crippen MR) is 78.2 cm³/mol. The van der Waals surface area contributed by atoms with Crippen molar-refractivity contribution < 1.29 is 18.7 Å². The molecule has 0 bridgehead atoms. The van der Waals surface area contributed by atoms with Gasteiger partial charge in [0.15, 0.2) is 11.6 Å². The van der Waals surface area contributed by atoms with Crippen LogP contribution in [-0.4, -0.2) is 11.6 Å². The molecule has 3 nitrogen and oxygen atoms in total. The average molecular weight is 288 g/mol. The Morgan fingerprint density at radius 1 is 1.05 bits per heavy atom. The lowest BCUT2D eigenvalue weighted by Crippen LogP contribution is -2.23. The van der Waals surface area contributed by atoms with Gasteiger partial charge in [0.2, 0.25) is 0 Å². The van der Waals surface area contributed by atoms with Gasteiger partial charge in [-0.25, -0.2) is 9.18 Å². The van der Waals surface area contributed by atoms with Crippen molar-refractivity contribution in [1.29, 1.82) is 0 Å². The lowest BCUT2D eigenvalue weighted by molar-refractivity contribution is 0.0732. The third kappa shape index (κ3) is 4.31.